The van der Waals surface area contributed by atoms with Crippen molar-refractivity contribution in [2.45, 2.75) is 40.0 Å². The zero-order valence-electron chi connectivity index (χ0n) is 13.6. The van der Waals surface area contributed by atoms with E-state index in [0.29, 0.717) is 5.92 Å². The second kappa shape index (κ2) is 7.60. The molecule has 2 rings (SSSR count). The summed E-state index contributed by atoms with van der Waals surface area (Å²) >= 11 is 0. The van der Waals surface area contributed by atoms with Gasteiger partial charge in [-0.2, -0.15) is 0 Å². The van der Waals surface area contributed by atoms with Crippen LogP contribution >= 0.6 is 0 Å². The molecule has 1 fully saturated rings. The fraction of sp³-hybridized carbons (Fsp3) is 0.611. The smallest absolute Gasteiger partial charge is 0.254 e. The quantitative estimate of drug-likeness (QED) is 0.902. The van der Waals surface area contributed by atoms with Gasteiger partial charge < -0.3 is 10.2 Å². The van der Waals surface area contributed by atoms with E-state index in [2.05, 4.69) is 29.3 Å². The van der Waals surface area contributed by atoms with Gasteiger partial charge in [-0.25, -0.2) is 0 Å². The van der Waals surface area contributed by atoms with E-state index in [4.69, 9.17) is 0 Å². The minimum atomic E-state index is 0.198. The van der Waals surface area contributed by atoms with E-state index >= 15 is 0 Å². The predicted molar refractivity (Wildman–Crippen MR) is 87.7 cm³/mol. The summed E-state index contributed by atoms with van der Waals surface area (Å²) in [7, 11) is 0. The van der Waals surface area contributed by atoms with E-state index in [1.165, 1.54) is 12.8 Å². The lowest BCUT2D eigenvalue weighted by Crippen LogP contribution is -2.41. The van der Waals surface area contributed by atoms with Crippen molar-refractivity contribution in [1.29, 1.82) is 0 Å². The highest BCUT2D eigenvalue weighted by atomic mass is 16.2. The second-order valence-corrected chi connectivity index (χ2v) is 6.28. The molecule has 0 aliphatic carbocycles. The van der Waals surface area contributed by atoms with Crippen LogP contribution in [0.4, 0.5) is 0 Å². The molecule has 1 saturated heterocycles. The third-order valence-electron chi connectivity index (χ3n) is 4.28. The third kappa shape index (κ3) is 4.31. The molecule has 3 heteroatoms. The Bertz CT molecular complexity index is 478. The molecule has 3 nitrogen and oxygen atoms in total. The Morgan fingerprint density at radius 1 is 1.38 bits per heavy atom. The molecule has 21 heavy (non-hydrogen) atoms. The Morgan fingerprint density at radius 2 is 2.19 bits per heavy atom. The van der Waals surface area contributed by atoms with Gasteiger partial charge in [0.1, 0.15) is 0 Å². The summed E-state index contributed by atoms with van der Waals surface area (Å²) < 4.78 is 0. The van der Waals surface area contributed by atoms with Crippen LogP contribution in [0.2, 0.25) is 0 Å². The number of benzene rings is 1. The maximum absolute atomic E-state index is 12.9. The molecule has 1 N–H and O–H groups in total. The summed E-state index contributed by atoms with van der Waals surface area (Å²) in [5.41, 5.74) is 3.10. The highest BCUT2D eigenvalue weighted by Crippen LogP contribution is 2.17. The lowest BCUT2D eigenvalue weighted by atomic mass is 9.98. The lowest BCUT2D eigenvalue weighted by molar-refractivity contribution is 0.0718. The molecule has 1 atom stereocenters. The van der Waals surface area contributed by atoms with Crippen LogP contribution in [0.3, 0.4) is 0 Å². The van der Waals surface area contributed by atoms with Crippen LogP contribution in [0.15, 0.2) is 18.2 Å². The number of carbonyl (C=O) groups is 1. The topological polar surface area (TPSA) is 32.3 Å². The number of hydrogen-bond donors (Lipinski definition) is 1. The van der Waals surface area contributed by atoms with E-state index in [1.54, 1.807) is 0 Å². The standard InChI is InChI=1S/C18H28N2O/c1-4-10-20(13-16-6-5-9-19-12-16)18(21)17-11-14(2)7-8-15(17)3/h7-8,11,16,19H,4-6,9-10,12-13H2,1-3H3. The molecule has 1 heterocycles. The maximum Gasteiger partial charge on any atom is 0.254 e. The number of hydrogen-bond acceptors (Lipinski definition) is 2. The number of piperidine rings is 1. The first-order valence-electron chi connectivity index (χ1n) is 8.19. The van der Waals surface area contributed by atoms with Gasteiger partial charge >= 0.3 is 0 Å². The molecular formula is C18H28N2O. The summed E-state index contributed by atoms with van der Waals surface area (Å²) in [6, 6.07) is 6.15. The van der Waals surface area contributed by atoms with Crippen molar-refractivity contribution in [3.05, 3.63) is 34.9 Å². The summed E-state index contributed by atoms with van der Waals surface area (Å²) in [4.78, 5) is 14.9. The number of aryl methyl sites for hydroxylation is 2. The second-order valence-electron chi connectivity index (χ2n) is 6.28. The maximum atomic E-state index is 12.9. The van der Waals surface area contributed by atoms with Crippen molar-refractivity contribution in [1.82, 2.24) is 10.2 Å². The zero-order chi connectivity index (χ0) is 15.2. The van der Waals surface area contributed by atoms with Gasteiger partial charge in [-0.15, -0.1) is 0 Å². The molecule has 1 aliphatic rings. The minimum Gasteiger partial charge on any atom is -0.338 e. The molecule has 0 spiro atoms. The Labute approximate surface area is 128 Å². The van der Waals surface area contributed by atoms with Crippen LogP contribution in [0.5, 0.6) is 0 Å². The molecule has 1 aromatic carbocycles. The molecule has 1 aromatic rings. The predicted octanol–water partition coefficient (Wildman–Crippen LogP) is 3.16. The van der Waals surface area contributed by atoms with Crippen molar-refractivity contribution < 1.29 is 4.79 Å². The minimum absolute atomic E-state index is 0.198. The fourth-order valence-corrected chi connectivity index (χ4v) is 3.07. The first-order valence-corrected chi connectivity index (χ1v) is 8.19. The van der Waals surface area contributed by atoms with Crippen molar-refractivity contribution in [3.63, 3.8) is 0 Å². The first kappa shape index (κ1) is 16.0. The van der Waals surface area contributed by atoms with E-state index in [1.807, 2.05) is 19.9 Å². The van der Waals surface area contributed by atoms with E-state index in [0.717, 1.165) is 49.3 Å². The van der Waals surface area contributed by atoms with Crippen molar-refractivity contribution in [2.75, 3.05) is 26.2 Å². The number of rotatable bonds is 5. The van der Waals surface area contributed by atoms with E-state index in [9.17, 15) is 4.79 Å². The van der Waals surface area contributed by atoms with E-state index in [-0.39, 0.29) is 5.91 Å². The molecule has 1 aliphatic heterocycles. The molecule has 1 unspecified atom stereocenters. The van der Waals surface area contributed by atoms with Gasteiger partial charge in [-0.3, -0.25) is 4.79 Å². The van der Waals surface area contributed by atoms with E-state index < -0.39 is 0 Å². The number of carbonyl (C=O) groups excluding carboxylic acids is 1. The summed E-state index contributed by atoms with van der Waals surface area (Å²) in [6.07, 6.45) is 3.46. The van der Waals surface area contributed by atoms with Gasteiger partial charge in [0.15, 0.2) is 0 Å². The van der Waals surface area contributed by atoms with Crippen LogP contribution in [-0.4, -0.2) is 37.0 Å². The van der Waals surface area contributed by atoms with Crippen LogP contribution in [0, 0.1) is 19.8 Å². The Morgan fingerprint density at radius 3 is 2.86 bits per heavy atom. The summed E-state index contributed by atoms with van der Waals surface area (Å²) in [5, 5.41) is 3.44. The Balaban J connectivity index is 2.12. The fourth-order valence-electron chi connectivity index (χ4n) is 3.07. The van der Waals surface area contributed by atoms with Crippen LogP contribution in [0.25, 0.3) is 0 Å². The first-order chi connectivity index (χ1) is 10.1. The van der Waals surface area contributed by atoms with Crippen molar-refractivity contribution in [2.24, 2.45) is 5.92 Å². The molecular weight excluding hydrogens is 260 g/mol. The van der Waals surface area contributed by atoms with Gasteiger partial charge in [-0.1, -0.05) is 24.6 Å². The average Bonchev–Trinajstić information content (AvgIpc) is 2.49. The van der Waals surface area contributed by atoms with Crippen LogP contribution in [0.1, 0.15) is 47.7 Å². The van der Waals surface area contributed by atoms with Crippen LogP contribution in [-0.2, 0) is 0 Å². The van der Waals surface area contributed by atoms with Gasteiger partial charge in [0.25, 0.3) is 5.91 Å². The van der Waals surface area contributed by atoms with Gasteiger partial charge in [0.2, 0.25) is 0 Å². The van der Waals surface area contributed by atoms with Crippen molar-refractivity contribution >= 4 is 5.91 Å². The summed E-state index contributed by atoms with van der Waals surface area (Å²) in [5.74, 6) is 0.794. The largest absolute Gasteiger partial charge is 0.338 e. The van der Waals surface area contributed by atoms with Crippen LogP contribution < -0.4 is 5.32 Å². The number of nitrogens with one attached hydrogen (secondary N) is 1. The Kier molecular flexibility index (Phi) is 5.80. The number of nitrogens with zero attached hydrogens (tertiary/aromatic N) is 1. The highest BCUT2D eigenvalue weighted by Gasteiger charge is 2.22. The monoisotopic (exact) mass is 288 g/mol. The zero-order valence-corrected chi connectivity index (χ0v) is 13.6. The lowest BCUT2D eigenvalue weighted by Gasteiger charge is -2.30. The normalized spacial score (nSPS) is 18.5. The van der Waals surface area contributed by atoms with Gasteiger partial charge in [0, 0.05) is 18.7 Å². The number of amides is 1. The highest BCUT2D eigenvalue weighted by molar-refractivity contribution is 5.95. The molecule has 0 bridgehead atoms. The summed E-state index contributed by atoms with van der Waals surface area (Å²) in [6.45, 7) is 10.1. The van der Waals surface area contributed by atoms with Gasteiger partial charge in [0.05, 0.1) is 0 Å². The molecule has 1 amide bonds. The van der Waals surface area contributed by atoms with Gasteiger partial charge in [-0.05, 0) is 63.7 Å². The molecule has 0 saturated carbocycles. The molecule has 116 valence electrons. The third-order valence-corrected chi connectivity index (χ3v) is 4.28. The SMILES string of the molecule is CCCN(CC1CCCNC1)C(=O)c1cc(C)ccc1C. The molecule has 0 radical (unpaired) electrons. The molecule has 0 aromatic heterocycles. The average molecular weight is 288 g/mol. The van der Waals surface area contributed by atoms with Crippen molar-refractivity contribution in [3.8, 4) is 0 Å². The Hall–Kier alpha value is -1.35.